The van der Waals surface area contributed by atoms with Crippen LogP contribution in [0.25, 0.3) is 22.0 Å². The monoisotopic (exact) mass is 587 g/mol. The van der Waals surface area contributed by atoms with Crippen molar-refractivity contribution in [2.75, 3.05) is 13.1 Å². The molecule has 0 unspecified atom stereocenters. The van der Waals surface area contributed by atoms with Crippen LogP contribution >= 0.6 is 11.6 Å². The molecule has 3 atom stereocenters. The summed E-state index contributed by atoms with van der Waals surface area (Å²) in [6.45, 7) is 6.53. The molecule has 2 aromatic carbocycles. The first-order valence-electron chi connectivity index (χ1n) is 13.9. The molecule has 0 spiro atoms. The van der Waals surface area contributed by atoms with Gasteiger partial charge in [-0.3, -0.25) is 19.4 Å². The van der Waals surface area contributed by atoms with E-state index < -0.39 is 11.5 Å². The Morgan fingerprint density at radius 2 is 1.76 bits per heavy atom. The van der Waals surface area contributed by atoms with Gasteiger partial charge in [-0.2, -0.15) is 0 Å². The molecule has 4 aromatic rings. The van der Waals surface area contributed by atoms with E-state index in [1.54, 1.807) is 58.3 Å². The van der Waals surface area contributed by atoms with Crippen LogP contribution in [0.5, 0.6) is 0 Å². The standard InChI is InChI=1S/C32H31ClFN5O3/c1-32(2,3)28(37-29(40)27-12-18-8-10-20(33)13-26(18)36-27)31(42)39-17-21-14-22(39)16-38(21)30(41)25-11-9-19(15-35-25)23-6-4-5-7-24(23)34/h4-13,15,21-22,28,36H,14,16-17H2,1-3H3,(H,37,40)/t21-,22-,28+/m0/s1. The number of pyridine rings is 1. The molecular weight excluding hydrogens is 557 g/mol. The first-order chi connectivity index (χ1) is 20.0. The van der Waals surface area contributed by atoms with Gasteiger partial charge in [0.05, 0.1) is 12.1 Å². The zero-order valence-electron chi connectivity index (χ0n) is 23.5. The molecule has 2 aliphatic rings. The molecule has 2 aliphatic heterocycles. The van der Waals surface area contributed by atoms with Crippen LogP contribution in [0, 0.1) is 11.2 Å². The van der Waals surface area contributed by atoms with Crippen LogP contribution in [-0.2, 0) is 4.79 Å². The predicted octanol–water partition coefficient (Wildman–Crippen LogP) is 5.29. The van der Waals surface area contributed by atoms with Crippen molar-refractivity contribution >= 4 is 40.2 Å². The Balaban J connectivity index is 1.13. The molecule has 8 nitrogen and oxygen atoms in total. The summed E-state index contributed by atoms with van der Waals surface area (Å²) in [5.74, 6) is -1.10. The van der Waals surface area contributed by atoms with Gasteiger partial charge in [-0.15, -0.1) is 0 Å². The number of carbonyl (C=O) groups excluding carboxylic acids is 3. The molecule has 2 saturated heterocycles. The van der Waals surface area contributed by atoms with Crippen LogP contribution < -0.4 is 5.32 Å². The van der Waals surface area contributed by atoms with Gasteiger partial charge in [-0.05, 0) is 42.2 Å². The van der Waals surface area contributed by atoms with E-state index in [1.165, 1.54) is 12.3 Å². The van der Waals surface area contributed by atoms with Crippen LogP contribution in [0.3, 0.4) is 0 Å². The van der Waals surface area contributed by atoms with Gasteiger partial charge in [0.15, 0.2) is 0 Å². The number of halogens is 2. The summed E-state index contributed by atoms with van der Waals surface area (Å²) in [7, 11) is 0. The van der Waals surface area contributed by atoms with Gasteiger partial charge in [-0.1, -0.05) is 62.7 Å². The number of nitrogens with one attached hydrogen (secondary N) is 2. The van der Waals surface area contributed by atoms with Crippen LogP contribution in [0.2, 0.25) is 5.02 Å². The topological polar surface area (TPSA) is 98.4 Å². The van der Waals surface area contributed by atoms with Crippen LogP contribution in [0.4, 0.5) is 4.39 Å². The van der Waals surface area contributed by atoms with Crippen molar-refractivity contribution in [3.63, 3.8) is 0 Å². The summed E-state index contributed by atoms with van der Waals surface area (Å²) in [5.41, 5.74) is 1.83. The third kappa shape index (κ3) is 5.13. The quantitative estimate of drug-likeness (QED) is 0.331. The van der Waals surface area contributed by atoms with Crippen LogP contribution in [0.1, 0.15) is 48.2 Å². The average Bonchev–Trinajstić information content (AvgIpc) is 3.69. The number of aromatic amines is 1. The number of hydrogen-bond acceptors (Lipinski definition) is 4. The van der Waals surface area contributed by atoms with Crippen LogP contribution in [-0.4, -0.2) is 68.7 Å². The van der Waals surface area contributed by atoms with Crippen molar-refractivity contribution in [3.8, 4) is 11.1 Å². The lowest BCUT2D eigenvalue weighted by atomic mass is 9.85. The van der Waals surface area contributed by atoms with Crippen molar-refractivity contribution in [1.82, 2.24) is 25.1 Å². The normalized spacial score (nSPS) is 18.9. The minimum absolute atomic E-state index is 0.144. The van der Waals surface area contributed by atoms with Gasteiger partial charge >= 0.3 is 0 Å². The number of aromatic nitrogens is 2. The molecule has 10 heteroatoms. The smallest absolute Gasteiger partial charge is 0.272 e. The number of piperazine rings is 1. The van der Waals surface area contributed by atoms with Crippen molar-refractivity contribution in [2.45, 2.75) is 45.3 Å². The maximum atomic E-state index is 14.2. The zero-order valence-corrected chi connectivity index (χ0v) is 24.3. The van der Waals surface area contributed by atoms with Crippen molar-refractivity contribution in [2.24, 2.45) is 5.41 Å². The predicted molar refractivity (Wildman–Crippen MR) is 159 cm³/mol. The SMILES string of the molecule is CC(C)(C)[C@H](NC(=O)c1cc2ccc(Cl)cc2[nH]1)C(=O)N1C[C@@H]2C[C@H]1CN2C(=O)c1ccc(-c2ccccc2F)cn1. The number of rotatable bonds is 5. The van der Waals surface area contributed by atoms with Crippen LogP contribution in [0.15, 0.2) is 66.9 Å². The molecule has 216 valence electrons. The highest BCUT2D eigenvalue weighted by molar-refractivity contribution is 6.31. The maximum Gasteiger partial charge on any atom is 0.272 e. The summed E-state index contributed by atoms with van der Waals surface area (Å²) in [6, 6.07) is 15.8. The Morgan fingerprint density at radius 3 is 2.43 bits per heavy atom. The second-order valence-corrected chi connectivity index (χ2v) is 12.5. The summed E-state index contributed by atoms with van der Waals surface area (Å²) in [6.07, 6.45) is 2.17. The Bertz CT molecular complexity index is 1700. The molecule has 6 rings (SSSR count). The summed E-state index contributed by atoms with van der Waals surface area (Å²) in [5, 5.41) is 4.37. The van der Waals surface area contributed by atoms with Gasteiger partial charge in [-0.25, -0.2) is 4.39 Å². The maximum absolute atomic E-state index is 14.2. The van der Waals surface area contributed by atoms with E-state index in [2.05, 4.69) is 15.3 Å². The van der Waals surface area contributed by atoms with Gasteiger partial charge in [0.25, 0.3) is 11.8 Å². The molecule has 4 heterocycles. The lowest BCUT2D eigenvalue weighted by Crippen LogP contribution is -2.59. The second-order valence-electron chi connectivity index (χ2n) is 12.1. The highest BCUT2D eigenvalue weighted by Gasteiger charge is 2.50. The van der Waals surface area contributed by atoms with Gasteiger partial charge in [0.1, 0.15) is 23.2 Å². The number of hydrogen-bond donors (Lipinski definition) is 2. The summed E-state index contributed by atoms with van der Waals surface area (Å²) >= 11 is 6.08. The third-order valence-electron chi connectivity index (χ3n) is 8.17. The van der Waals surface area contributed by atoms with Gasteiger partial charge in [0, 0.05) is 46.3 Å². The number of carbonyl (C=O) groups is 3. The number of amides is 3. The van der Waals surface area contributed by atoms with E-state index >= 15 is 0 Å². The highest BCUT2D eigenvalue weighted by atomic mass is 35.5. The number of fused-ring (bicyclic) bond motifs is 3. The van der Waals surface area contributed by atoms with Crippen molar-refractivity contribution < 1.29 is 18.8 Å². The number of likely N-dealkylation sites (tertiary alicyclic amines) is 2. The highest BCUT2D eigenvalue weighted by Crippen LogP contribution is 2.34. The molecule has 2 fully saturated rings. The molecule has 2 aromatic heterocycles. The second kappa shape index (κ2) is 10.5. The molecule has 0 radical (unpaired) electrons. The molecule has 2 bridgehead atoms. The van der Waals surface area contributed by atoms with E-state index in [0.717, 1.165) is 10.9 Å². The lowest BCUT2D eigenvalue weighted by molar-refractivity contribution is -0.138. The summed E-state index contributed by atoms with van der Waals surface area (Å²) < 4.78 is 14.2. The molecule has 0 aliphatic carbocycles. The Hall–Kier alpha value is -4.24. The average molecular weight is 588 g/mol. The Kier molecular flexibility index (Phi) is 7.01. The minimum atomic E-state index is -0.768. The zero-order chi connectivity index (χ0) is 29.8. The van der Waals surface area contributed by atoms with E-state index in [4.69, 9.17) is 11.6 Å². The molecular formula is C32H31ClFN5O3. The number of nitrogens with zero attached hydrogens (tertiary/aromatic N) is 3. The largest absolute Gasteiger partial charge is 0.350 e. The molecule has 0 saturated carbocycles. The Morgan fingerprint density at radius 1 is 1.02 bits per heavy atom. The first kappa shape index (κ1) is 27.9. The third-order valence-corrected chi connectivity index (χ3v) is 8.40. The van der Waals surface area contributed by atoms with Crippen molar-refractivity contribution in [3.05, 3.63) is 89.1 Å². The molecule has 42 heavy (non-hydrogen) atoms. The number of benzene rings is 2. The molecule has 2 N–H and O–H groups in total. The van der Waals surface area contributed by atoms with Gasteiger partial charge < -0.3 is 20.1 Å². The fourth-order valence-electron chi connectivity index (χ4n) is 5.95. The summed E-state index contributed by atoms with van der Waals surface area (Å²) in [4.78, 5) is 51.4. The van der Waals surface area contributed by atoms with E-state index in [-0.39, 0.29) is 41.3 Å². The van der Waals surface area contributed by atoms with Crippen molar-refractivity contribution in [1.29, 1.82) is 0 Å². The lowest BCUT2D eigenvalue weighted by Gasteiger charge is -2.39. The van der Waals surface area contributed by atoms with Gasteiger partial charge in [0.2, 0.25) is 5.91 Å². The minimum Gasteiger partial charge on any atom is -0.350 e. The molecule has 3 amide bonds. The van der Waals surface area contributed by atoms with E-state index in [9.17, 15) is 18.8 Å². The Labute approximate surface area is 247 Å². The van der Waals surface area contributed by atoms with E-state index in [1.807, 2.05) is 26.8 Å². The first-order valence-corrected chi connectivity index (χ1v) is 14.3. The fraction of sp³-hybridized carbons (Fsp3) is 0.312. The fourth-order valence-corrected chi connectivity index (χ4v) is 6.12. The van der Waals surface area contributed by atoms with E-state index in [0.29, 0.717) is 41.4 Å². The number of H-pyrrole nitrogens is 1.